The van der Waals surface area contributed by atoms with Gasteiger partial charge in [0.1, 0.15) is 5.54 Å². The van der Waals surface area contributed by atoms with Crippen molar-refractivity contribution >= 4 is 40.8 Å². The summed E-state index contributed by atoms with van der Waals surface area (Å²) in [6.07, 6.45) is 4.69. The van der Waals surface area contributed by atoms with Gasteiger partial charge in [0.25, 0.3) is 0 Å². The molecule has 3 heterocycles. The van der Waals surface area contributed by atoms with E-state index in [1.165, 1.54) is 6.42 Å². The Balaban J connectivity index is 1.58. The maximum atomic E-state index is 12.7. The van der Waals surface area contributed by atoms with Crippen LogP contribution in [0.2, 0.25) is 0 Å². The van der Waals surface area contributed by atoms with Gasteiger partial charge in [0.15, 0.2) is 0 Å². The number of nitrogens with zero attached hydrogens (tertiary/aromatic N) is 5. The lowest BCUT2D eigenvalue weighted by Gasteiger charge is -2.48. The third-order valence-corrected chi connectivity index (χ3v) is 7.55. The zero-order chi connectivity index (χ0) is 26.6. The van der Waals surface area contributed by atoms with Gasteiger partial charge in [-0.2, -0.15) is 4.99 Å². The third-order valence-electron chi connectivity index (χ3n) is 7.36. The molecule has 2 aliphatic heterocycles. The number of piperidine rings is 2. The fourth-order valence-corrected chi connectivity index (χ4v) is 5.49. The highest BCUT2D eigenvalue weighted by Crippen LogP contribution is 2.32. The summed E-state index contributed by atoms with van der Waals surface area (Å²) in [5, 5.41) is 6.91. The number of primary amides is 1. The summed E-state index contributed by atoms with van der Waals surface area (Å²) in [5.74, 6) is 0.795. The van der Waals surface area contributed by atoms with E-state index in [0.717, 1.165) is 54.1 Å². The Morgan fingerprint density at radius 2 is 1.62 bits per heavy atom. The molecule has 2 saturated heterocycles. The molecule has 2 aromatic rings. The Labute approximate surface area is 224 Å². The first-order valence-electron chi connectivity index (χ1n) is 13.0. The van der Waals surface area contributed by atoms with Crippen LogP contribution in [0.1, 0.15) is 54.6 Å². The number of likely N-dealkylation sites (tertiary alicyclic amines) is 2. The van der Waals surface area contributed by atoms with Crippen LogP contribution in [-0.2, 0) is 4.79 Å². The van der Waals surface area contributed by atoms with Crippen LogP contribution in [0.3, 0.4) is 0 Å². The molecular weight excluding hydrogens is 484 g/mol. The van der Waals surface area contributed by atoms with Crippen molar-refractivity contribution in [3.05, 3.63) is 46.8 Å². The zero-order valence-electron chi connectivity index (χ0n) is 22.3. The standard InChI is InChI=1S/C27H38N8OS/c1-18-8-9-19(2)22(16-18)31-26(37)33-25(32-24-29-20(3)17-21(4)30-24)34-14-10-27(11-15-34,23(28)36)35-12-6-5-7-13-35/h8-9,16-17H,5-7,10-15H2,1-4H3,(H2,28,36)(H2,29,30,31,32,33,37). The molecule has 0 aliphatic carbocycles. The topological polar surface area (TPSA) is 112 Å². The number of carbonyl (C=O) groups is 1. The van der Waals surface area contributed by atoms with Gasteiger partial charge in [-0.1, -0.05) is 18.6 Å². The Hall–Kier alpha value is -3.11. The molecule has 2 fully saturated rings. The van der Waals surface area contributed by atoms with E-state index in [9.17, 15) is 4.79 Å². The number of amides is 1. The Bertz CT molecular complexity index is 1160. The molecule has 37 heavy (non-hydrogen) atoms. The number of nitrogens with one attached hydrogen (secondary N) is 2. The van der Waals surface area contributed by atoms with E-state index in [1.807, 2.05) is 33.8 Å². The summed E-state index contributed by atoms with van der Waals surface area (Å²) >= 11 is 5.65. The predicted octanol–water partition coefficient (Wildman–Crippen LogP) is 3.68. The highest BCUT2D eigenvalue weighted by molar-refractivity contribution is 7.80. The number of hydrogen-bond donors (Lipinski definition) is 3. The van der Waals surface area contributed by atoms with Gasteiger partial charge in [-0.05, 0) is 102 Å². The zero-order valence-corrected chi connectivity index (χ0v) is 23.1. The van der Waals surface area contributed by atoms with Gasteiger partial charge in [-0.3, -0.25) is 15.0 Å². The molecule has 0 unspecified atom stereocenters. The Kier molecular flexibility index (Phi) is 8.39. The van der Waals surface area contributed by atoms with Gasteiger partial charge in [0.2, 0.25) is 22.9 Å². The van der Waals surface area contributed by atoms with Crippen LogP contribution in [0.25, 0.3) is 0 Å². The molecule has 1 amide bonds. The summed E-state index contributed by atoms with van der Waals surface area (Å²) in [6.45, 7) is 11.0. The predicted molar refractivity (Wildman–Crippen MR) is 153 cm³/mol. The average Bonchev–Trinajstić information content (AvgIpc) is 2.86. The lowest BCUT2D eigenvalue weighted by atomic mass is 9.83. The fourth-order valence-electron chi connectivity index (χ4n) is 5.30. The van der Waals surface area contributed by atoms with Crippen LogP contribution in [0.4, 0.5) is 11.6 Å². The number of carbonyl (C=O) groups excluding carboxylic acids is 1. The van der Waals surface area contributed by atoms with E-state index in [-0.39, 0.29) is 5.91 Å². The van der Waals surface area contributed by atoms with Gasteiger partial charge < -0.3 is 16.0 Å². The van der Waals surface area contributed by atoms with Gasteiger partial charge >= 0.3 is 0 Å². The number of aromatic nitrogens is 2. The molecule has 4 N–H and O–H groups in total. The first-order chi connectivity index (χ1) is 17.7. The molecule has 10 heteroatoms. The Morgan fingerprint density at radius 1 is 0.973 bits per heavy atom. The maximum absolute atomic E-state index is 12.7. The second kappa shape index (κ2) is 11.5. The van der Waals surface area contributed by atoms with Crippen molar-refractivity contribution in [1.29, 1.82) is 0 Å². The number of nitrogens with two attached hydrogens (primary N) is 1. The molecule has 9 nitrogen and oxygen atoms in total. The monoisotopic (exact) mass is 522 g/mol. The lowest BCUT2D eigenvalue weighted by Crippen LogP contribution is -2.64. The van der Waals surface area contributed by atoms with Gasteiger partial charge in [-0.15, -0.1) is 0 Å². The number of hydrogen-bond acceptors (Lipinski definition) is 5. The maximum Gasteiger partial charge on any atom is 0.238 e. The number of anilines is 2. The average molecular weight is 523 g/mol. The number of guanidine groups is 1. The second-order valence-electron chi connectivity index (χ2n) is 10.2. The molecule has 1 aromatic carbocycles. The number of thiocarbonyl (C=S) groups is 1. The molecule has 0 spiro atoms. The van der Waals surface area contributed by atoms with Crippen molar-refractivity contribution < 1.29 is 4.79 Å². The van der Waals surface area contributed by atoms with Crippen LogP contribution in [0.15, 0.2) is 29.3 Å². The molecule has 0 bridgehead atoms. The lowest BCUT2D eigenvalue weighted by molar-refractivity contribution is -0.134. The first-order valence-corrected chi connectivity index (χ1v) is 13.4. The molecule has 1 aromatic heterocycles. The number of rotatable bonds is 4. The van der Waals surface area contributed by atoms with Crippen LogP contribution >= 0.6 is 12.2 Å². The van der Waals surface area contributed by atoms with Gasteiger partial charge in [0.05, 0.1) is 0 Å². The van der Waals surface area contributed by atoms with Crippen molar-refractivity contribution in [2.75, 3.05) is 36.8 Å². The summed E-state index contributed by atoms with van der Waals surface area (Å²) in [4.78, 5) is 31.0. The molecule has 198 valence electrons. The van der Waals surface area contributed by atoms with Crippen LogP contribution in [0, 0.1) is 27.7 Å². The van der Waals surface area contributed by atoms with Crippen molar-refractivity contribution in [2.45, 2.75) is 65.3 Å². The quantitative estimate of drug-likeness (QED) is 0.317. The Morgan fingerprint density at radius 3 is 2.24 bits per heavy atom. The molecular formula is C27H38N8OS. The molecule has 0 radical (unpaired) electrons. The first kappa shape index (κ1) is 26.9. The van der Waals surface area contributed by atoms with E-state index in [2.05, 4.69) is 48.6 Å². The van der Waals surface area contributed by atoms with Crippen LogP contribution < -0.4 is 16.4 Å². The highest BCUT2D eigenvalue weighted by Gasteiger charge is 2.45. The SMILES string of the molecule is Cc1ccc(C)c(NC(=S)/N=C(/Nc2nc(C)cc(C)n2)N2CCC(C(N)=O)(N3CCCCC3)CC2)c1. The third kappa shape index (κ3) is 6.42. The van der Waals surface area contributed by atoms with E-state index in [4.69, 9.17) is 22.9 Å². The van der Waals surface area contributed by atoms with Crippen molar-refractivity contribution in [2.24, 2.45) is 10.7 Å². The van der Waals surface area contributed by atoms with Crippen LogP contribution in [-0.4, -0.2) is 68.5 Å². The minimum absolute atomic E-state index is 0.231. The fraction of sp³-hybridized carbons (Fsp3) is 0.519. The summed E-state index contributed by atoms with van der Waals surface area (Å²) in [6, 6.07) is 8.10. The minimum atomic E-state index is -0.615. The summed E-state index contributed by atoms with van der Waals surface area (Å²) in [5.41, 5.74) is 10.3. The molecule has 4 rings (SSSR count). The normalized spacial score (nSPS) is 18.4. The van der Waals surface area contributed by atoms with E-state index in [0.29, 0.717) is 43.0 Å². The summed E-state index contributed by atoms with van der Waals surface area (Å²) in [7, 11) is 0. The largest absolute Gasteiger partial charge is 0.368 e. The van der Waals surface area contributed by atoms with E-state index < -0.39 is 5.54 Å². The molecule has 0 saturated carbocycles. The van der Waals surface area contributed by atoms with Gasteiger partial charge in [0, 0.05) is 30.2 Å². The van der Waals surface area contributed by atoms with E-state index in [1.54, 1.807) is 0 Å². The van der Waals surface area contributed by atoms with E-state index >= 15 is 0 Å². The number of aryl methyl sites for hydroxylation is 4. The molecule has 0 atom stereocenters. The number of aliphatic imine (C=N–C) groups is 1. The minimum Gasteiger partial charge on any atom is -0.368 e. The number of benzene rings is 1. The van der Waals surface area contributed by atoms with Crippen molar-refractivity contribution in [3.8, 4) is 0 Å². The van der Waals surface area contributed by atoms with Crippen molar-refractivity contribution in [1.82, 2.24) is 19.8 Å². The molecule has 2 aliphatic rings. The van der Waals surface area contributed by atoms with Gasteiger partial charge in [-0.25, -0.2) is 9.97 Å². The smallest absolute Gasteiger partial charge is 0.238 e. The van der Waals surface area contributed by atoms with Crippen molar-refractivity contribution in [3.63, 3.8) is 0 Å². The summed E-state index contributed by atoms with van der Waals surface area (Å²) < 4.78 is 0. The highest BCUT2D eigenvalue weighted by atomic mass is 32.1. The second-order valence-corrected chi connectivity index (χ2v) is 10.6. The van der Waals surface area contributed by atoms with Crippen LogP contribution in [0.5, 0.6) is 0 Å².